The highest BCUT2D eigenvalue weighted by Gasteiger charge is 2.29. The van der Waals surface area contributed by atoms with Crippen LogP contribution in [0.1, 0.15) is 23.0 Å². The molecule has 1 aromatic carbocycles. The van der Waals surface area contributed by atoms with Crippen LogP contribution < -0.4 is 16.9 Å². The lowest BCUT2D eigenvalue weighted by molar-refractivity contribution is 0.239. The van der Waals surface area contributed by atoms with E-state index in [-0.39, 0.29) is 6.17 Å². The summed E-state index contributed by atoms with van der Waals surface area (Å²) in [7, 11) is 1.89. The van der Waals surface area contributed by atoms with Gasteiger partial charge in [0.2, 0.25) is 0 Å². The maximum Gasteiger partial charge on any atom is 0.167 e. The maximum atomic E-state index is 6.11. The molecule has 8 nitrogen and oxygen atoms in total. The molecule has 136 valence electrons. The molecule has 1 unspecified atom stereocenters. The van der Waals surface area contributed by atoms with Crippen molar-refractivity contribution in [2.75, 3.05) is 12.8 Å². The van der Waals surface area contributed by atoms with E-state index in [4.69, 9.17) is 21.4 Å². The Hall–Kier alpha value is -3.36. The van der Waals surface area contributed by atoms with E-state index in [9.17, 15) is 0 Å². The minimum absolute atomic E-state index is 0.349. The van der Waals surface area contributed by atoms with Crippen molar-refractivity contribution >= 4 is 11.7 Å². The molecular formula is C19H20N8. The molecule has 0 fully saturated rings. The minimum Gasteiger partial charge on any atom is -0.382 e. The number of aliphatic imine (C=N–C) groups is 1. The highest BCUT2D eigenvalue weighted by Crippen LogP contribution is 2.28. The van der Waals surface area contributed by atoms with Crippen LogP contribution in [-0.2, 0) is 6.54 Å². The Morgan fingerprint density at radius 3 is 2.78 bits per heavy atom. The third-order valence-corrected chi connectivity index (χ3v) is 4.37. The number of anilines is 1. The van der Waals surface area contributed by atoms with Crippen molar-refractivity contribution < 1.29 is 0 Å². The van der Waals surface area contributed by atoms with Crippen LogP contribution in [0.3, 0.4) is 0 Å². The fourth-order valence-corrected chi connectivity index (χ4v) is 2.95. The van der Waals surface area contributed by atoms with Crippen molar-refractivity contribution in [3.05, 3.63) is 71.8 Å². The molecule has 3 aromatic rings. The summed E-state index contributed by atoms with van der Waals surface area (Å²) in [5, 5.41) is 1.86. The SMILES string of the molecule is CN1NC(c2cccc(CN)c2)=NC1c1nc(-c2cccnc2)cnc1N. The fourth-order valence-electron chi connectivity index (χ4n) is 2.95. The molecule has 1 aliphatic rings. The van der Waals surface area contributed by atoms with E-state index in [0.717, 1.165) is 22.5 Å². The number of hydrazine groups is 1. The van der Waals surface area contributed by atoms with Gasteiger partial charge in [0.05, 0.1) is 11.9 Å². The number of nitrogens with one attached hydrogen (secondary N) is 1. The standard InChI is InChI=1S/C19H20N8/c1-27-19(25-18(26-27)13-5-2-4-12(8-13)9-20)16-17(21)23-11-15(24-16)14-6-3-7-22-10-14/h2-8,10-11,19H,9,20H2,1H3,(H2,21,23)(H,25,26). The molecule has 1 atom stereocenters. The molecule has 0 bridgehead atoms. The van der Waals surface area contributed by atoms with Gasteiger partial charge in [-0.3, -0.25) is 4.98 Å². The van der Waals surface area contributed by atoms with Crippen LogP contribution in [0, 0.1) is 0 Å². The number of hydrogen-bond acceptors (Lipinski definition) is 8. The van der Waals surface area contributed by atoms with Crippen molar-refractivity contribution in [3.63, 3.8) is 0 Å². The predicted octanol–water partition coefficient (Wildman–Crippen LogP) is 1.47. The largest absolute Gasteiger partial charge is 0.382 e. The molecule has 0 aliphatic carbocycles. The summed E-state index contributed by atoms with van der Waals surface area (Å²) in [4.78, 5) is 17.9. The molecule has 2 aromatic heterocycles. The predicted molar refractivity (Wildman–Crippen MR) is 104 cm³/mol. The van der Waals surface area contributed by atoms with E-state index in [0.29, 0.717) is 23.8 Å². The molecule has 1 aliphatic heterocycles. The Balaban J connectivity index is 1.71. The minimum atomic E-state index is -0.384. The molecule has 5 N–H and O–H groups in total. The van der Waals surface area contributed by atoms with Gasteiger partial charge in [0.15, 0.2) is 6.17 Å². The van der Waals surface area contributed by atoms with Crippen LogP contribution in [0.2, 0.25) is 0 Å². The first-order valence-corrected chi connectivity index (χ1v) is 8.55. The normalized spacial score (nSPS) is 16.8. The van der Waals surface area contributed by atoms with E-state index < -0.39 is 0 Å². The van der Waals surface area contributed by atoms with Gasteiger partial charge in [0.1, 0.15) is 17.3 Å². The summed E-state index contributed by atoms with van der Waals surface area (Å²) >= 11 is 0. The first kappa shape index (κ1) is 17.1. The Bertz CT molecular complexity index is 986. The van der Waals surface area contributed by atoms with Crippen molar-refractivity contribution in [1.29, 1.82) is 0 Å². The van der Waals surface area contributed by atoms with Gasteiger partial charge in [-0.05, 0) is 23.8 Å². The summed E-state index contributed by atoms with van der Waals surface area (Å²) in [6.45, 7) is 0.478. The highest BCUT2D eigenvalue weighted by atomic mass is 15.6. The topological polar surface area (TPSA) is 118 Å². The average Bonchev–Trinajstić information content (AvgIpc) is 3.10. The third-order valence-electron chi connectivity index (χ3n) is 4.37. The fraction of sp³-hybridized carbons (Fsp3) is 0.158. The van der Waals surface area contributed by atoms with E-state index in [1.54, 1.807) is 18.6 Å². The molecule has 0 spiro atoms. The maximum absolute atomic E-state index is 6.11. The molecule has 0 saturated carbocycles. The lowest BCUT2D eigenvalue weighted by Crippen LogP contribution is -2.34. The number of rotatable bonds is 4. The quantitative estimate of drug-likeness (QED) is 0.645. The number of aromatic nitrogens is 3. The van der Waals surface area contributed by atoms with E-state index in [2.05, 4.69) is 15.4 Å². The van der Waals surface area contributed by atoms with Crippen LogP contribution in [-0.4, -0.2) is 32.8 Å². The van der Waals surface area contributed by atoms with Crippen LogP contribution in [0.5, 0.6) is 0 Å². The van der Waals surface area contributed by atoms with Gasteiger partial charge in [-0.2, -0.15) is 5.01 Å². The van der Waals surface area contributed by atoms with Gasteiger partial charge in [0, 0.05) is 37.1 Å². The molecule has 0 radical (unpaired) electrons. The second kappa shape index (κ2) is 7.10. The number of pyridine rings is 1. The number of nitrogens with zero attached hydrogens (tertiary/aromatic N) is 5. The van der Waals surface area contributed by atoms with Gasteiger partial charge in [-0.25, -0.2) is 15.0 Å². The van der Waals surface area contributed by atoms with Crippen LogP contribution in [0.25, 0.3) is 11.3 Å². The van der Waals surface area contributed by atoms with E-state index >= 15 is 0 Å². The van der Waals surface area contributed by atoms with Crippen molar-refractivity contribution in [2.45, 2.75) is 12.7 Å². The number of benzene rings is 1. The zero-order chi connectivity index (χ0) is 18.8. The van der Waals surface area contributed by atoms with Crippen LogP contribution in [0.4, 0.5) is 5.82 Å². The zero-order valence-electron chi connectivity index (χ0n) is 14.9. The Kier molecular flexibility index (Phi) is 4.49. The second-order valence-electron chi connectivity index (χ2n) is 6.25. The Labute approximate surface area is 157 Å². The van der Waals surface area contributed by atoms with Gasteiger partial charge in [-0.15, -0.1) is 0 Å². The monoisotopic (exact) mass is 360 g/mol. The summed E-state index contributed by atoms with van der Waals surface area (Å²) in [6.07, 6.45) is 4.72. The zero-order valence-corrected chi connectivity index (χ0v) is 14.9. The average molecular weight is 360 g/mol. The second-order valence-corrected chi connectivity index (χ2v) is 6.25. The van der Waals surface area contributed by atoms with Crippen LogP contribution in [0.15, 0.2) is 60.0 Å². The van der Waals surface area contributed by atoms with Gasteiger partial charge in [0.25, 0.3) is 0 Å². The van der Waals surface area contributed by atoms with Crippen LogP contribution >= 0.6 is 0 Å². The first-order chi connectivity index (χ1) is 13.2. The summed E-state index contributed by atoms with van der Waals surface area (Å²) in [6, 6.07) is 11.7. The molecule has 4 rings (SSSR count). The van der Waals surface area contributed by atoms with Gasteiger partial charge >= 0.3 is 0 Å². The summed E-state index contributed by atoms with van der Waals surface area (Å²) in [5.41, 5.74) is 19.3. The molecule has 27 heavy (non-hydrogen) atoms. The Morgan fingerprint density at radius 1 is 1.15 bits per heavy atom. The third kappa shape index (κ3) is 3.35. The van der Waals surface area contributed by atoms with E-state index in [1.165, 1.54) is 0 Å². The molecule has 0 saturated heterocycles. The lowest BCUT2D eigenvalue weighted by atomic mass is 10.1. The van der Waals surface area contributed by atoms with Crippen molar-refractivity contribution in [3.8, 4) is 11.3 Å². The van der Waals surface area contributed by atoms with Crippen molar-refractivity contribution in [2.24, 2.45) is 10.7 Å². The first-order valence-electron chi connectivity index (χ1n) is 8.55. The summed E-state index contributed by atoms with van der Waals surface area (Å²) in [5.74, 6) is 1.09. The number of amidine groups is 1. The highest BCUT2D eigenvalue weighted by molar-refractivity contribution is 5.99. The van der Waals surface area contributed by atoms with Crippen molar-refractivity contribution in [1.82, 2.24) is 25.4 Å². The van der Waals surface area contributed by atoms with Gasteiger partial charge < -0.3 is 16.9 Å². The number of hydrogen-bond donors (Lipinski definition) is 3. The van der Waals surface area contributed by atoms with E-state index in [1.807, 2.05) is 48.5 Å². The molecule has 8 heteroatoms. The number of nitrogen functional groups attached to an aromatic ring is 1. The van der Waals surface area contributed by atoms with Gasteiger partial charge in [-0.1, -0.05) is 18.2 Å². The molecular weight excluding hydrogens is 340 g/mol. The lowest BCUT2D eigenvalue weighted by Gasteiger charge is -2.18. The molecule has 3 heterocycles. The molecule has 0 amide bonds. The Morgan fingerprint density at radius 2 is 2.00 bits per heavy atom. The smallest absolute Gasteiger partial charge is 0.167 e. The number of nitrogens with two attached hydrogens (primary N) is 2. The summed E-state index contributed by atoms with van der Waals surface area (Å²) < 4.78 is 0.